The van der Waals surface area contributed by atoms with E-state index in [0.29, 0.717) is 12.1 Å². The highest BCUT2D eigenvalue weighted by Gasteiger charge is 2.26. The maximum atomic E-state index is 13.3. The lowest BCUT2D eigenvalue weighted by Crippen LogP contribution is -2.28. The number of amides is 1. The molecule has 0 saturated carbocycles. The summed E-state index contributed by atoms with van der Waals surface area (Å²) < 4.78 is 5.97. The molecule has 1 aliphatic rings. The van der Waals surface area contributed by atoms with Gasteiger partial charge in [-0.2, -0.15) is 0 Å². The highest BCUT2D eigenvalue weighted by atomic mass is 16.5. The summed E-state index contributed by atoms with van der Waals surface area (Å²) >= 11 is 0. The third-order valence-corrected chi connectivity index (χ3v) is 5.25. The molecule has 0 bridgehead atoms. The Hall–Kier alpha value is -4.12. The number of fused-ring (bicyclic) bond motifs is 1. The van der Waals surface area contributed by atoms with Gasteiger partial charge in [0.25, 0.3) is 5.91 Å². The van der Waals surface area contributed by atoms with Crippen molar-refractivity contribution in [1.82, 2.24) is 4.98 Å². The van der Waals surface area contributed by atoms with Gasteiger partial charge in [0.2, 0.25) is 0 Å². The lowest BCUT2D eigenvalue weighted by Gasteiger charge is -2.19. The highest BCUT2D eigenvalue weighted by molar-refractivity contribution is 6.08. The van der Waals surface area contributed by atoms with Crippen LogP contribution in [-0.2, 0) is 6.42 Å². The largest absolute Gasteiger partial charge is 0.457 e. The number of rotatable bonds is 5. The molecule has 31 heavy (non-hydrogen) atoms. The average Bonchev–Trinajstić information content (AvgIpc) is 3.23. The van der Waals surface area contributed by atoms with Crippen LogP contribution in [0, 0.1) is 0 Å². The summed E-state index contributed by atoms with van der Waals surface area (Å²) in [7, 11) is 0. The second kappa shape index (κ2) is 8.32. The third-order valence-electron chi connectivity index (χ3n) is 5.25. The number of aromatic nitrogens is 1. The maximum Gasteiger partial charge on any atom is 0.258 e. The van der Waals surface area contributed by atoms with Gasteiger partial charge in [-0.1, -0.05) is 30.3 Å². The SMILES string of the molecule is O=C(c1cccc(Nc2ccncc2)c1)N1CCc2ccc(Oc3ccccc3)cc21. The summed E-state index contributed by atoms with van der Waals surface area (Å²) in [5.74, 6) is 1.47. The van der Waals surface area contributed by atoms with Gasteiger partial charge < -0.3 is 15.0 Å². The van der Waals surface area contributed by atoms with Gasteiger partial charge in [-0.25, -0.2) is 0 Å². The van der Waals surface area contributed by atoms with Gasteiger partial charge in [-0.3, -0.25) is 9.78 Å². The number of hydrogen-bond donors (Lipinski definition) is 1. The van der Waals surface area contributed by atoms with Crippen molar-refractivity contribution >= 4 is 23.0 Å². The van der Waals surface area contributed by atoms with Gasteiger partial charge >= 0.3 is 0 Å². The molecule has 0 unspecified atom stereocenters. The number of carbonyl (C=O) groups is 1. The smallest absolute Gasteiger partial charge is 0.258 e. The number of para-hydroxylation sites is 1. The fraction of sp³-hybridized carbons (Fsp3) is 0.0769. The molecule has 1 aromatic heterocycles. The number of benzene rings is 3. The first kappa shape index (κ1) is 18.9. The zero-order chi connectivity index (χ0) is 21.0. The number of hydrogen-bond acceptors (Lipinski definition) is 4. The maximum absolute atomic E-state index is 13.3. The Morgan fingerprint density at radius 3 is 2.52 bits per heavy atom. The first-order valence-corrected chi connectivity index (χ1v) is 10.2. The molecule has 5 heteroatoms. The van der Waals surface area contributed by atoms with E-state index in [1.54, 1.807) is 12.4 Å². The summed E-state index contributed by atoms with van der Waals surface area (Å²) in [6.45, 7) is 0.658. The molecule has 1 aliphatic heterocycles. The van der Waals surface area contributed by atoms with Crippen molar-refractivity contribution in [3.63, 3.8) is 0 Å². The number of ether oxygens (including phenoxy) is 1. The molecule has 0 spiro atoms. The second-order valence-corrected chi connectivity index (χ2v) is 7.35. The van der Waals surface area contributed by atoms with Crippen LogP contribution < -0.4 is 15.0 Å². The molecule has 1 N–H and O–H groups in total. The molecular formula is C26H21N3O2. The van der Waals surface area contributed by atoms with Gasteiger partial charge in [0.1, 0.15) is 11.5 Å². The number of nitrogens with one attached hydrogen (secondary N) is 1. The Bertz CT molecular complexity index is 1210. The van der Waals surface area contributed by atoms with Crippen LogP contribution in [-0.4, -0.2) is 17.4 Å². The van der Waals surface area contributed by atoms with Crippen LogP contribution in [0.4, 0.5) is 17.1 Å². The zero-order valence-corrected chi connectivity index (χ0v) is 16.9. The van der Waals surface area contributed by atoms with E-state index in [1.807, 2.05) is 89.8 Å². The first-order chi connectivity index (χ1) is 15.3. The van der Waals surface area contributed by atoms with Crippen LogP contribution in [0.15, 0.2) is 97.3 Å². The molecule has 0 aliphatic carbocycles. The normalized spacial score (nSPS) is 12.3. The zero-order valence-electron chi connectivity index (χ0n) is 16.9. The predicted octanol–water partition coefficient (Wildman–Crippen LogP) is 5.82. The first-order valence-electron chi connectivity index (χ1n) is 10.2. The fourth-order valence-corrected chi connectivity index (χ4v) is 3.75. The quantitative estimate of drug-likeness (QED) is 0.453. The van der Waals surface area contributed by atoms with Gasteiger partial charge in [-0.05, 0) is 60.5 Å². The van der Waals surface area contributed by atoms with E-state index in [2.05, 4.69) is 10.3 Å². The number of pyridine rings is 1. The molecule has 2 heterocycles. The minimum absolute atomic E-state index is 0.0195. The molecule has 0 atom stereocenters. The molecule has 152 valence electrons. The van der Waals surface area contributed by atoms with Crippen molar-refractivity contribution in [1.29, 1.82) is 0 Å². The van der Waals surface area contributed by atoms with E-state index >= 15 is 0 Å². The number of anilines is 3. The Kier molecular flexibility index (Phi) is 5.07. The third kappa shape index (κ3) is 4.12. The number of nitrogens with zero attached hydrogens (tertiary/aromatic N) is 2. The van der Waals surface area contributed by atoms with Crippen LogP contribution in [0.2, 0.25) is 0 Å². The second-order valence-electron chi connectivity index (χ2n) is 7.35. The fourth-order valence-electron chi connectivity index (χ4n) is 3.75. The Morgan fingerprint density at radius 1 is 0.839 bits per heavy atom. The van der Waals surface area contributed by atoms with Crippen molar-refractivity contribution < 1.29 is 9.53 Å². The molecule has 0 radical (unpaired) electrons. The van der Waals surface area contributed by atoms with Crippen LogP contribution >= 0.6 is 0 Å². The molecule has 5 rings (SSSR count). The molecule has 4 aromatic rings. The van der Waals surface area contributed by atoms with E-state index in [0.717, 1.165) is 40.5 Å². The van der Waals surface area contributed by atoms with Crippen molar-refractivity contribution in [3.05, 3.63) is 108 Å². The summed E-state index contributed by atoms with van der Waals surface area (Å²) in [5.41, 5.74) is 4.48. The Labute approximate surface area is 180 Å². The van der Waals surface area contributed by atoms with Crippen LogP contribution in [0.3, 0.4) is 0 Å². The summed E-state index contributed by atoms with van der Waals surface area (Å²) in [6.07, 6.45) is 4.29. The summed E-state index contributed by atoms with van der Waals surface area (Å²) in [5, 5.41) is 3.31. The van der Waals surface area contributed by atoms with E-state index in [9.17, 15) is 4.79 Å². The van der Waals surface area contributed by atoms with E-state index in [4.69, 9.17) is 4.74 Å². The van der Waals surface area contributed by atoms with Crippen LogP contribution in [0.1, 0.15) is 15.9 Å². The lowest BCUT2D eigenvalue weighted by atomic mass is 10.1. The van der Waals surface area contributed by atoms with E-state index < -0.39 is 0 Å². The standard InChI is InChI=1S/C26H21N3O2/c30-26(20-5-4-6-22(17-20)28-21-11-14-27-15-12-21)29-16-13-19-9-10-24(18-25(19)29)31-23-7-2-1-3-8-23/h1-12,14-15,17-18H,13,16H2,(H,27,28). The molecule has 5 nitrogen and oxygen atoms in total. The van der Waals surface area contributed by atoms with Gasteiger partial charge in [-0.15, -0.1) is 0 Å². The molecule has 3 aromatic carbocycles. The minimum Gasteiger partial charge on any atom is -0.457 e. The molecular weight excluding hydrogens is 386 g/mol. The van der Waals surface area contributed by atoms with Gasteiger partial charge in [0.15, 0.2) is 0 Å². The number of carbonyl (C=O) groups excluding carboxylic acids is 1. The van der Waals surface area contributed by atoms with E-state index in [1.165, 1.54) is 0 Å². The summed E-state index contributed by atoms with van der Waals surface area (Å²) in [6, 6.07) is 26.9. The molecule has 0 saturated heterocycles. The van der Waals surface area contributed by atoms with Crippen molar-refractivity contribution in [2.24, 2.45) is 0 Å². The summed E-state index contributed by atoms with van der Waals surface area (Å²) in [4.78, 5) is 19.2. The van der Waals surface area contributed by atoms with Crippen LogP contribution in [0.25, 0.3) is 0 Å². The Morgan fingerprint density at radius 2 is 1.68 bits per heavy atom. The van der Waals surface area contributed by atoms with Crippen LogP contribution in [0.5, 0.6) is 11.5 Å². The highest BCUT2D eigenvalue weighted by Crippen LogP contribution is 2.34. The molecule has 1 amide bonds. The minimum atomic E-state index is -0.0195. The van der Waals surface area contributed by atoms with Crippen molar-refractivity contribution in [2.45, 2.75) is 6.42 Å². The monoisotopic (exact) mass is 407 g/mol. The predicted molar refractivity (Wildman–Crippen MR) is 122 cm³/mol. The van der Waals surface area contributed by atoms with E-state index in [-0.39, 0.29) is 5.91 Å². The van der Waals surface area contributed by atoms with Gasteiger partial charge in [0, 0.05) is 41.9 Å². The Balaban J connectivity index is 1.38. The topological polar surface area (TPSA) is 54.5 Å². The lowest BCUT2D eigenvalue weighted by molar-refractivity contribution is 0.0989. The van der Waals surface area contributed by atoms with Crippen molar-refractivity contribution in [2.75, 3.05) is 16.8 Å². The van der Waals surface area contributed by atoms with Crippen molar-refractivity contribution in [3.8, 4) is 11.5 Å². The molecule has 0 fully saturated rings. The van der Waals surface area contributed by atoms with Gasteiger partial charge in [0.05, 0.1) is 5.69 Å². The average molecular weight is 407 g/mol.